The van der Waals surface area contributed by atoms with Crippen molar-refractivity contribution in [2.24, 2.45) is 0 Å². The van der Waals surface area contributed by atoms with Gasteiger partial charge in [-0.05, 0) is 61.1 Å². The van der Waals surface area contributed by atoms with Crippen LogP contribution in [0.3, 0.4) is 0 Å². The van der Waals surface area contributed by atoms with Gasteiger partial charge in [-0.15, -0.1) is 0 Å². The van der Waals surface area contributed by atoms with Gasteiger partial charge >= 0.3 is 12.2 Å². The van der Waals surface area contributed by atoms with E-state index in [1.165, 1.54) is 23.4 Å². The maximum atomic E-state index is 13.3. The minimum Gasteiger partial charge on any atom is -0.338 e. The maximum absolute atomic E-state index is 13.3. The zero-order valence-electron chi connectivity index (χ0n) is 15.6. The molecule has 2 N–H and O–H groups in total. The third kappa shape index (κ3) is 4.18. The molecule has 0 saturated carbocycles. The van der Waals surface area contributed by atoms with Crippen molar-refractivity contribution in [1.29, 1.82) is 0 Å². The zero-order valence-corrected chi connectivity index (χ0v) is 15.6. The van der Waals surface area contributed by atoms with Gasteiger partial charge in [0.1, 0.15) is 5.52 Å². The highest BCUT2D eigenvalue weighted by Crippen LogP contribution is 2.31. The summed E-state index contributed by atoms with van der Waals surface area (Å²) in [4.78, 5) is 19.8. The van der Waals surface area contributed by atoms with Crippen molar-refractivity contribution in [2.45, 2.75) is 38.4 Å². The number of amides is 2. The highest BCUT2D eigenvalue weighted by atomic mass is 19.4. The van der Waals surface area contributed by atoms with E-state index in [9.17, 15) is 18.0 Å². The smallest absolute Gasteiger partial charge is 0.338 e. The summed E-state index contributed by atoms with van der Waals surface area (Å²) in [6.45, 7) is 0.266. The second kappa shape index (κ2) is 7.73. The molecule has 4 rings (SSSR count). The summed E-state index contributed by atoms with van der Waals surface area (Å²) >= 11 is 0. The van der Waals surface area contributed by atoms with Crippen LogP contribution in [0.15, 0.2) is 36.5 Å². The largest absolute Gasteiger partial charge is 0.449 e. The number of nitrogens with zero attached hydrogens (tertiary/aromatic N) is 3. The Kier molecular flexibility index (Phi) is 5.12. The van der Waals surface area contributed by atoms with E-state index in [4.69, 9.17) is 0 Å². The van der Waals surface area contributed by atoms with Crippen LogP contribution >= 0.6 is 0 Å². The molecule has 0 fully saturated rings. The fraction of sp³-hybridized carbons (Fsp3) is 0.350. The van der Waals surface area contributed by atoms with Crippen LogP contribution < -0.4 is 10.6 Å². The predicted molar refractivity (Wildman–Crippen MR) is 103 cm³/mol. The van der Waals surface area contributed by atoms with Crippen molar-refractivity contribution in [2.75, 3.05) is 11.9 Å². The van der Waals surface area contributed by atoms with Crippen LogP contribution in [-0.2, 0) is 25.6 Å². The van der Waals surface area contributed by atoms with Gasteiger partial charge in [0.25, 0.3) is 0 Å². The molecule has 0 bridgehead atoms. The molecule has 0 saturated heterocycles. The van der Waals surface area contributed by atoms with Gasteiger partial charge in [-0.3, -0.25) is 0 Å². The van der Waals surface area contributed by atoms with Crippen molar-refractivity contribution < 1.29 is 18.0 Å². The minimum atomic E-state index is -4.57. The van der Waals surface area contributed by atoms with Gasteiger partial charge in [0.05, 0.1) is 0 Å². The number of hydrogen-bond donors (Lipinski definition) is 2. The van der Waals surface area contributed by atoms with Crippen LogP contribution in [-0.4, -0.2) is 27.1 Å². The summed E-state index contributed by atoms with van der Waals surface area (Å²) < 4.78 is 40.9. The number of anilines is 1. The van der Waals surface area contributed by atoms with Gasteiger partial charge in [0.2, 0.25) is 5.82 Å². The van der Waals surface area contributed by atoms with Gasteiger partial charge in [0.15, 0.2) is 5.65 Å². The molecule has 152 valence electrons. The van der Waals surface area contributed by atoms with Crippen molar-refractivity contribution >= 4 is 22.9 Å². The van der Waals surface area contributed by atoms with Gasteiger partial charge < -0.3 is 15.2 Å². The lowest BCUT2D eigenvalue weighted by molar-refractivity contribution is -0.147. The van der Waals surface area contributed by atoms with E-state index in [1.54, 1.807) is 6.07 Å². The number of pyridine rings is 1. The molecule has 0 aliphatic heterocycles. The first-order chi connectivity index (χ1) is 13.9. The number of alkyl halides is 3. The quantitative estimate of drug-likeness (QED) is 0.629. The first kappa shape index (κ1) is 19.2. The molecule has 1 aliphatic carbocycles. The molecule has 6 nitrogen and oxygen atoms in total. The van der Waals surface area contributed by atoms with Crippen LogP contribution in [0.4, 0.5) is 23.7 Å². The molecule has 0 spiro atoms. The molecule has 29 heavy (non-hydrogen) atoms. The summed E-state index contributed by atoms with van der Waals surface area (Å²) in [6.07, 6.45) is 0.383. The van der Waals surface area contributed by atoms with E-state index in [-0.39, 0.29) is 30.3 Å². The Morgan fingerprint density at radius 3 is 2.83 bits per heavy atom. The average molecular weight is 403 g/mol. The van der Waals surface area contributed by atoms with Crippen LogP contribution in [0, 0.1) is 0 Å². The van der Waals surface area contributed by atoms with E-state index in [1.807, 2.05) is 18.2 Å². The topological polar surface area (TPSA) is 71.8 Å². The Labute approximate surface area is 165 Å². The van der Waals surface area contributed by atoms with Crippen molar-refractivity contribution in [3.8, 4) is 0 Å². The highest BCUT2D eigenvalue weighted by molar-refractivity contribution is 5.89. The Bertz CT molecular complexity index is 1040. The fourth-order valence-corrected chi connectivity index (χ4v) is 3.65. The summed E-state index contributed by atoms with van der Waals surface area (Å²) in [5, 5.41) is 5.45. The van der Waals surface area contributed by atoms with E-state index in [0.29, 0.717) is 12.1 Å². The SMILES string of the molecule is O=C(NCCCn1c(C(F)(F)F)nc2cccnc21)Nc1ccc2c(c1)CCC2. The number of aryl methyl sites for hydroxylation is 3. The lowest BCUT2D eigenvalue weighted by Crippen LogP contribution is -2.30. The van der Waals surface area contributed by atoms with Gasteiger partial charge in [-0.2, -0.15) is 13.2 Å². The normalized spacial score (nSPS) is 13.5. The Morgan fingerprint density at radius 2 is 2.00 bits per heavy atom. The molecular formula is C20H20F3N5O. The number of carbonyl (C=O) groups is 1. The van der Waals surface area contributed by atoms with Gasteiger partial charge in [0, 0.05) is 25.0 Å². The maximum Gasteiger partial charge on any atom is 0.449 e. The van der Waals surface area contributed by atoms with Crippen LogP contribution in [0.25, 0.3) is 11.2 Å². The van der Waals surface area contributed by atoms with Crippen molar-refractivity contribution in [3.05, 3.63) is 53.5 Å². The monoisotopic (exact) mass is 403 g/mol. The molecule has 1 aromatic carbocycles. The number of fused-ring (bicyclic) bond motifs is 2. The number of aromatic nitrogens is 3. The second-order valence-corrected chi connectivity index (χ2v) is 7.00. The molecule has 1 aliphatic rings. The number of rotatable bonds is 5. The summed E-state index contributed by atoms with van der Waals surface area (Å²) in [6, 6.07) is 8.52. The summed E-state index contributed by atoms with van der Waals surface area (Å²) in [5.74, 6) is -0.978. The number of carbonyl (C=O) groups excluding carboxylic acids is 1. The second-order valence-electron chi connectivity index (χ2n) is 7.00. The molecule has 0 radical (unpaired) electrons. The van der Waals surface area contributed by atoms with Crippen molar-refractivity contribution in [1.82, 2.24) is 19.9 Å². The molecule has 0 atom stereocenters. The van der Waals surface area contributed by atoms with E-state index in [2.05, 4.69) is 20.6 Å². The van der Waals surface area contributed by atoms with Crippen LogP contribution in [0.1, 0.15) is 29.8 Å². The lowest BCUT2D eigenvalue weighted by Gasteiger charge is -2.12. The molecule has 0 unspecified atom stereocenters. The number of halogens is 3. The first-order valence-electron chi connectivity index (χ1n) is 9.47. The van der Waals surface area contributed by atoms with Gasteiger partial charge in [-0.25, -0.2) is 14.8 Å². The predicted octanol–water partition coefficient (Wildman–Crippen LogP) is 4.15. The lowest BCUT2D eigenvalue weighted by atomic mass is 10.1. The van der Waals surface area contributed by atoms with E-state index < -0.39 is 12.0 Å². The minimum absolute atomic E-state index is 0.0431. The molecule has 2 aromatic heterocycles. The number of nitrogens with one attached hydrogen (secondary N) is 2. The number of urea groups is 1. The number of benzene rings is 1. The standard InChI is InChI=1S/C20H20F3N5O/c21-20(22,23)18-27-16-6-2-9-24-17(16)28(18)11-3-10-25-19(29)26-15-8-7-13-4-1-5-14(13)12-15/h2,6-9,12H,1,3-5,10-11H2,(H2,25,26,29). The Hall–Kier alpha value is -3.10. The van der Waals surface area contributed by atoms with E-state index >= 15 is 0 Å². The first-order valence-corrected chi connectivity index (χ1v) is 9.47. The fourth-order valence-electron chi connectivity index (χ4n) is 3.65. The average Bonchev–Trinajstić information content (AvgIpc) is 3.29. The highest BCUT2D eigenvalue weighted by Gasteiger charge is 2.37. The Morgan fingerprint density at radius 1 is 1.17 bits per heavy atom. The molecule has 2 amide bonds. The molecule has 9 heteroatoms. The van der Waals surface area contributed by atoms with Crippen molar-refractivity contribution in [3.63, 3.8) is 0 Å². The zero-order chi connectivity index (χ0) is 20.4. The third-order valence-corrected chi connectivity index (χ3v) is 4.96. The van der Waals surface area contributed by atoms with Crippen LogP contribution in [0.2, 0.25) is 0 Å². The van der Waals surface area contributed by atoms with Gasteiger partial charge in [-0.1, -0.05) is 6.07 Å². The number of imidazole rings is 1. The molecular weight excluding hydrogens is 383 g/mol. The van der Waals surface area contributed by atoms with E-state index in [0.717, 1.165) is 23.8 Å². The number of hydrogen-bond acceptors (Lipinski definition) is 3. The third-order valence-electron chi connectivity index (χ3n) is 4.96. The molecule has 3 aromatic rings. The van der Waals surface area contributed by atoms with Crippen LogP contribution in [0.5, 0.6) is 0 Å². The Balaban J connectivity index is 1.34. The molecule has 2 heterocycles. The summed E-state index contributed by atoms with van der Waals surface area (Å²) in [7, 11) is 0. The summed E-state index contributed by atoms with van der Waals surface area (Å²) in [5.41, 5.74) is 3.66.